The fourth-order valence-corrected chi connectivity index (χ4v) is 3.77. The summed E-state index contributed by atoms with van der Waals surface area (Å²) in [7, 11) is 0. The average Bonchev–Trinajstić information content (AvgIpc) is 2.94. The highest BCUT2D eigenvalue weighted by Crippen LogP contribution is 2.25. The van der Waals surface area contributed by atoms with E-state index in [1.165, 1.54) is 16.5 Å². The molecule has 0 atom stereocenters. The molecule has 1 saturated heterocycles. The topological polar surface area (TPSA) is 56.9 Å². The number of likely N-dealkylation sites (tertiary alicyclic amines) is 1. The van der Waals surface area contributed by atoms with E-state index < -0.39 is 5.97 Å². The van der Waals surface area contributed by atoms with Crippen molar-refractivity contribution in [1.82, 2.24) is 9.80 Å². The van der Waals surface area contributed by atoms with Gasteiger partial charge in [-0.1, -0.05) is 6.92 Å². The molecule has 0 spiro atoms. The summed E-state index contributed by atoms with van der Waals surface area (Å²) >= 11 is 0. The van der Waals surface area contributed by atoms with Gasteiger partial charge in [-0.3, -0.25) is 14.6 Å². The van der Waals surface area contributed by atoms with Gasteiger partial charge in [-0.05, 0) is 62.6 Å². The highest BCUT2D eigenvalue weighted by atomic mass is 16.4. The maximum absolute atomic E-state index is 11.0. The number of carbonyl (C=O) groups is 1. The van der Waals surface area contributed by atoms with Crippen molar-refractivity contribution in [2.24, 2.45) is 0 Å². The van der Waals surface area contributed by atoms with E-state index in [1.807, 2.05) is 6.92 Å². The van der Waals surface area contributed by atoms with Crippen LogP contribution in [0.3, 0.4) is 0 Å². The van der Waals surface area contributed by atoms with E-state index in [-0.39, 0.29) is 6.54 Å². The van der Waals surface area contributed by atoms with Gasteiger partial charge in [-0.25, -0.2) is 0 Å². The van der Waals surface area contributed by atoms with E-state index in [0.717, 1.165) is 50.4 Å². The van der Waals surface area contributed by atoms with Gasteiger partial charge in [0.25, 0.3) is 0 Å². The number of carboxylic acids is 1. The molecule has 0 unspecified atom stereocenters. The van der Waals surface area contributed by atoms with Crippen LogP contribution >= 0.6 is 0 Å². The minimum atomic E-state index is -0.739. The molecule has 1 aromatic heterocycles. The Hall–Kier alpha value is -1.85. The summed E-state index contributed by atoms with van der Waals surface area (Å²) in [6.07, 6.45) is 2.03. The zero-order valence-corrected chi connectivity index (χ0v) is 15.4. The summed E-state index contributed by atoms with van der Waals surface area (Å²) in [5.74, 6) is 0.272. The van der Waals surface area contributed by atoms with E-state index >= 15 is 0 Å². The van der Waals surface area contributed by atoms with Crippen molar-refractivity contribution in [3.63, 3.8) is 0 Å². The molecule has 1 aliphatic heterocycles. The van der Waals surface area contributed by atoms with E-state index in [2.05, 4.69) is 41.8 Å². The molecule has 5 heteroatoms. The SMILES string of the molecule is CCN(CC(=O)O)C1CCN(Cc2cc3cc(C)c(C)cc3o2)CC1. The zero-order valence-electron chi connectivity index (χ0n) is 15.4. The molecule has 3 rings (SSSR count). The maximum Gasteiger partial charge on any atom is 0.317 e. The molecular formula is C20H28N2O3. The normalized spacial score (nSPS) is 16.8. The van der Waals surface area contributed by atoms with Crippen molar-refractivity contribution in [1.29, 1.82) is 0 Å². The van der Waals surface area contributed by atoms with Gasteiger partial charge in [-0.2, -0.15) is 0 Å². The quantitative estimate of drug-likeness (QED) is 0.870. The summed E-state index contributed by atoms with van der Waals surface area (Å²) in [6, 6.07) is 6.83. The lowest BCUT2D eigenvalue weighted by Gasteiger charge is -2.37. The van der Waals surface area contributed by atoms with Gasteiger partial charge >= 0.3 is 5.97 Å². The number of nitrogens with zero attached hydrogens (tertiary/aromatic N) is 2. The third-order valence-electron chi connectivity index (χ3n) is 5.38. The van der Waals surface area contributed by atoms with Crippen LogP contribution in [0.2, 0.25) is 0 Å². The number of hydrogen-bond acceptors (Lipinski definition) is 4. The second-order valence-electron chi connectivity index (χ2n) is 7.15. The van der Waals surface area contributed by atoms with Gasteiger partial charge < -0.3 is 9.52 Å². The number of likely N-dealkylation sites (N-methyl/N-ethyl adjacent to an activating group) is 1. The molecule has 0 saturated carbocycles. The molecule has 1 N–H and O–H groups in total. The number of rotatable bonds is 6. The Balaban J connectivity index is 1.59. The number of carboxylic acid groups (broad SMARTS) is 1. The first kappa shape index (κ1) is 18.0. The van der Waals surface area contributed by atoms with Crippen LogP contribution in [0.5, 0.6) is 0 Å². The van der Waals surface area contributed by atoms with Crippen LogP contribution in [0.1, 0.15) is 36.7 Å². The van der Waals surface area contributed by atoms with Crippen molar-refractivity contribution in [3.05, 3.63) is 35.1 Å². The average molecular weight is 344 g/mol. The maximum atomic E-state index is 11.0. The minimum absolute atomic E-state index is 0.142. The van der Waals surface area contributed by atoms with Crippen molar-refractivity contribution >= 4 is 16.9 Å². The number of piperidine rings is 1. The summed E-state index contributed by atoms with van der Waals surface area (Å²) in [6.45, 7) is 9.99. The number of aryl methyl sites for hydroxylation is 2. The Bertz CT molecular complexity index is 706. The molecule has 1 aliphatic rings. The minimum Gasteiger partial charge on any atom is -0.480 e. The number of hydrogen-bond donors (Lipinski definition) is 1. The lowest BCUT2D eigenvalue weighted by Crippen LogP contribution is -2.46. The van der Waals surface area contributed by atoms with Crippen molar-refractivity contribution in [2.45, 2.75) is 46.2 Å². The van der Waals surface area contributed by atoms with Crippen LogP contribution in [-0.4, -0.2) is 53.1 Å². The number of furan rings is 1. The van der Waals surface area contributed by atoms with Crippen molar-refractivity contribution in [3.8, 4) is 0 Å². The highest BCUT2D eigenvalue weighted by Gasteiger charge is 2.25. The molecule has 136 valence electrons. The van der Waals surface area contributed by atoms with Crippen LogP contribution in [0.4, 0.5) is 0 Å². The molecule has 0 bridgehead atoms. The first-order valence-corrected chi connectivity index (χ1v) is 9.14. The van der Waals surface area contributed by atoms with Crippen molar-refractivity contribution in [2.75, 3.05) is 26.2 Å². The lowest BCUT2D eigenvalue weighted by atomic mass is 10.0. The second kappa shape index (κ2) is 7.58. The van der Waals surface area contributed by atoms with Crippen LogP contribution in [0, 0.1) is 13.8 Å². The third kappa shape index (κ3) is 4.22. The van der Waals surface area contributed by atoms with Gasteiger partial charge in [0.2, 0.25) is 0 Å². The van der Waals surface area contributed by atoms with Crippen LogP contribution in [0.15, 0.2) is 22.6 Å². The molecule has 2 heterocycles. The van der Waals surface area contributed by atoms with Gasteiger partial charge in [-0.15, -0.1) is 0 Å². The predicted octanol–water partition coefficient (Wildman–Crippen LogP) is 3.42. The smallest absolute Gasteiger partial charge is 0.317 e. The monoisotopic (exact) mass is 344 g/mol. The number of aliphatic carboxylic acids is 1. The predicted molar refractivity (Wildman–Crippen MR) is 98.9 cm³/mol. The Labute approximate surface area is 149 Å². The Morgan fingerprint density at radius 1 is 1.24 bits per heavy atom. The molecule has 0 radical (unpaired) electrons. The number of fused-ring (bicyclic) bond motifs is 1. The van der Waals surface area contributed by atoms with Gasteiger partial charge in [0, 0.05) is 24.5 Å². The summed E-state index contributed by atoms with van der Waals surface area (Å²) in [5, 5.41) is 10.2. The fourth-order valence-electron chi connectivity index (χ4n) is 3.77. The summed E-state index contributed by atoms with van der Waals surface area (Å²) in [5.41, 5.74) is 3.51. The molecule has 2 aromatic rings. The largest absolute Gasteiger partial charge is 0.480 e. The third-order valence-corrected chi connectivity index (χ3v) is 5.38. The van der Waals surface area contributed by atoms with Crippen LogP contribution in [0.25, 0.3) is 11.0 Å². The molecule has 25 heavy (non-hydrogen) atoms. The van der Waals surface area contributed by atoms with Crippen LogP contribution in [-0.2, 0) is 11.3 Å². The summed E-state index contributed by atoms with van der Waals surface area (Å²) in [4.78, 5) is 15.5. The first-order valence-electron chi connectivity index (χ1n) is 9.14. The van der Waals surface area contributed by atoms with E-state index in [1.54, 1.807) is 0 Å². The lowest BCUT2D eigenvalue weighted by molar-refractivity contribution is -0.139. The van der Waals surface area contributed by atoms with Crippen LogP contribution < -0.4 is 0 Å². The Morgan fingerprint density at radius 2 is 1.92 bits per heavy atom. The Kier molecular flexibility index (Phi) is 5.45. The van der Waals surface area contributed by atoms with E-state index in [4.69, 9.17) is 9.52 Å². The van der Waals surface area contributed by atoms with Gasteiger partial charge in [0.05, 0.1) is 13.1 Å². The molecule has 0 aliphatic carbocycles. The van der Waals surface area contributed by atoms with E-state index in [0.29, 0.717) is 6.04 Å². The zero-order chi connectivity index (χ0) is 18.0. The van der Waals surface area contributed by atoms with E-state index in [9.17, 15) is 4.79 Å². The van der Waals surface area contributed by atoms with Crippen molar-refractivity contribution < 1.29 is 14.3 Å². The summed E-state index contributed by atoms with van der Waals surface area (Å²) < 4.78 is 6.02. The van der Waals surface area contributed by atoms with Gasteiger partial charge in [0.1, 0.15) is 11.3 Å². The van der Waals surface area contributed by atoms with Gasteiger partial charge in [0.15, 0.2) is 0 Å². The highest BCUT2D eigenvalue weighted by molar-refractivity contribution is 5.79. The first-order chi connectivity index (χ1) is 12.0. The molecule has 5 nitrogen and oxygen atoms in total. The number of benzene rings is 1. The second-order valence-corrected chi connectivity index (χ2v) is 7.15. The molecule has 0 amide bonds. The standard InChI is InChI=1S/C20H28N2O3/c1-4-22(13-20(23)24)17-5-7-21(8-6-17)12-18-11-16-9-14(2)15(3)10-19(16)25-18/h9-11,17H,4-8,12-13H2,1-3H3,(H,23,24). The molecular weight excluding hydrogens is 316 g/mol. The fraction of sp³-hybridized carbons (Fsp3) is 0.550. The Morgan fingerprint density at radius 3 is 2.56 bits per heavy atom. The molecule has 1 aromatic carbocycles. The molecule has 1 fully saturated rings.